The van der Waals surface area contributed by atoms with Crippen molar-refractivity contribution >= 4 is 11.8 Å². The van der Waals surface area contributed by atoms with E-state index < -0.39 is 11.9 Å². The number of aromatic nitrogens is 2. The summed E-state index contributed by atoms with van der Waals surface area (Å²) in [6, 6.07) is 6.82. The lowest BCUT2D eigenvalue weighted by Crippen LogP contribution is -2.10. The molecular weight excluding hydrogens is 289 g/mol. The van der Waals surface area contributed by atoms with Gasteiger partial charge in [-0.3, -0.25) is 0 Å². The Morgan fingerprint density at radius 2 is 1.95 bits per heavy atom. The van der Waals surface area contributed by atoms with Crippen LogP contribution in [0.1, 0.15) is 12.6 Å². The van der Waals surface area contributed by atoms with E-state index in [1.807, 2.05) is 6.92 Å². The van der Waals surface area contributed by atoms with E-state index in [1.165, 1.54) is 12.1 Å². The van der Waals surface area contributed by atoms with Gasteiger partial charge in [-0.25, -0.2) is 9.97 Å². The Bertz CT molecular complexity index is 617. The fourth-order valence-corrected chi connectivity index (χ4v) is 2.16. The number of alkyl halides is 3. The zero-order valence-electron chi connectivity index (χ0n) is 10.5. The van der Waals surface area contributed by atoms with Crippen molar-refractivity contribution in [1.82, 2.24) is 9.97 Å². The van der Waals surface area contributed by atoms with Crippen LogP contribution in [0.2, 0.25) is 0 Å². The molecule has 1 aromatic carbocycles. The van der Waals surface area contributed by atoms with Crippen LogP contribution in [0.4, 0.5) is 13.2 Å². The lowest BCUT2D eigenvalue weighted by molar-refractivity contribution is -0.141. The lowest BCUT2D eigenvalue weighted by Gasteiger charge is -2.10. The normalized spacial score (nSPS) is 11.6. The van der Waals surface area contributed by atoms with Crippen molar-refractivity contribution < 1.29 is 18.3 Å². The van der Waals surface area contributed by atoms with Crippen LogP contribution < -0.4 is 0 Å². The number of benzene rings is 1. The molecule has 106 valence electrons. The highest BCUT2D eigenvalue weighted by molar-refractivity contribution is 7.99. The smallest absolute Gasteiger partial charge is 0.433 e. The molecule has 1 aromatic heterocycles. The summed E-state index contributed by atoms with van der Waals surface area (Å²) in [6.45, 7) is 1.81. The molecule has 20 heavy (non-hydrogen) atoms. The lowest BCUT2D eigenvalue weighted by atomic mass is 10.1. The zero-order chi connectivity index (χ0) is 14.8. The minimum Gasteiger partial charge on any atom is -0.508 e. The number of thioether (sulfide) groups is 1. The SMILES string of the molecule is CCSc1nc(-c2cccc(O)c2)cc(C(F)(F)F)n1. The van der Waals surface area contributed by atoms with Crippen molar-refractivity contribution in [1.29, 1.82) is 0 Å². The monoisotopic (exact) mass is 300 g/mol. The molecule has 2 aromatic rings. The van der Waals surface area contributed by atoms with Crippen LogP contribution in [0, 0.1) is 0 Å². The van der Waals surface area contributed by atoms with Crippen molar-refractivity contribution in [2.75, 3.05) is 5.75 Å². The highest BCUT2D eigenvalue weighted by Crippen LogP contribution is 2.32. The van der Waals surface area contributed by atoms with Gasteiger partial charge in [0, 0.05) is 5.56 Å². The van der Waals surface area contributed by atoms with Crippen molar-refractivity contribution in [2.45, 2.75) is 18.3 Å². The second kappa shape index (κ2) is 5.70. The topological polar surface area (TPSA) is 46.0 Å². The quantitative estimate of drug-likeness (QED) is 0.688. The molecule has 0 fully saturated rings. The van der Waals surface area contributed by atoms with E-state index in [0.29, 0.717) is 11.3 Å². The Hall–Kier alpha value is -1.76. The number of phenolic OH excluding ortho intramolecular Hbond substituents is 1. The van der Waals surface area contributed by atoms with Crippen LogP contribution in [0.5, 0.6) is 5.75 Å². The largest absolute Gasteiger partial charge is 0.508 e. The summed E-state index contributed by atoms with van der Waals surface area (Å²) in [4.78, 5) is 7.60. The van der Waals surface area contributed by atoms with Gasteiger partial charge in [0.05, 0.1) is 5.69 Å². The number of halogens is 3. The molecule has 0 bridgehead atoms. The average Bonchev–Trinajstić information content (AvgIpc) is 2.38. The van der Waals surface area contributed by atoms with Crippen LogP contribution >= 0.6 is 11.8 Å². The standard InChI is InChI=1S/C13H11F3N2OS/c1-2-20-12-17-10(7-11(18-12)13(14,15)16)8-4-3-5-9(19)6-8/h3-7,19H,2H2,1H3. The zero-order valence-corrected chi connectivity index (χ0v) is 11.3. The summed E-state index contributed by atoms with van der Waals surface area (Å²) in [5.41, 5.74) is -0.433. The molecule has 0 aliphatic carbocycles. The first-order valence-corrected chi connectivity index (χ1v) is 6.77. The third-order valence-electron chi connectivity index (χ3n) is 2.41. The third-order valence-corrected chi connectivity index (χ3v) is 3.14. The van der Waals surface area contributed by atoms with Crippen LogP contribution in [0.3, 0.4) is 0 Å². The molecule has 1 heterocycles. The molecule has 3 nitrogen and oxygen atoms in total. The number of phenols is 1. The number of nitrogens with zero attached hydrogens (tertiary/aromatic N) is 2. The highest BCUT2D eigenvalue weighted by Gasteiger charge is 2.33. The van der Waals surface area contributed by atoms with E-state index in [0.717, 1.165) is 17.8 Å². The Labute approximate surface area is 117 Å². The van der Waals surface area contributed by atoms with Gasteiger partial charge in [-0.2, -0.15) is 13.2 Å². The van der Waals surface area contributed by atoms with Gasteiger partial charge in [0.2, 0.25) is 0 Å². The molecule has 0 unspecified atom stereocenters. The predicted molar refractivity (Wildman–Crippen MR) is 70.5 cm³/mol. The molecule has 1 N–H and O–H groups in total. The summed E-state index contributed by atoms with van der Waals surface area (Å²) >= 11 is 1.13. The van der Waals surface area contributed by atoms with E-state index in [2.05, 4.69) is 9.97 Å². The second-order valence-corrected chi connectivity index (χ2v) is 5.13. The molecule has 0 atom stereocenters. The molecule has 0 saturated heterocycles. The molecule has 0 aliphatic heterocycles. The molecule has 0 spiro atoms. The molecule has 2 rings (SSSR count). The first kappa shape index (κ1) is 14.6. The second-order valence-electron chi connectivity index (χ2n) is 3.90. The Morgan fingerprint density at radius 3 is 2.55 bits per heavy atom. The van der Waals surface area contributed by atoms with E-state index >= 15 is 0 Å². The molecule has 7 heteroatoms. The van der Waals surface area contributed by atoms with Gasteiger partial charge in [0.1, 0.15) is 11.4 Å². The number of hydrogen-bond acceptors (Lipinski definition) is 4. The van der Waals surface area contributed by atoms with Gasteiger partial charge in [0.15, 0.2) is 5.16 Å². The summed E-state index contributed by atoms with van der Waals surface area (Å²) < 4.78 is 38.5. The van der Waals surface area contributed by atoms with Crippen molar-refractivity contribution in [3.8, 4) is 17.0 Å². The van der Waals surface area contributed by atoms with Crippen LogP contribution in [-0.2, 0) is 6.18 Å². The summed E-state index contributed by atoms with van der Waals surface area (Å²) in [6.07, 6.45) is -4.53. The summed E-state index contributed by atoms with van der Waals surface area (Å²) in [5, 5.41) is 9.48. The van der Waals surface area contributed by atoms with Gasteiger partial charge in [-0.15, -0.1) is 0 Å². The summed E-state index contributed by atoms with van der Waals surface area (Å²) in [7, 11) is 0. The highest BCUT2D eigenvalue weighted by atomic mass is 32.2. The van der Waals surface area contributed by atoms with Crippen molar-refractivity contribution in [3.05, 3.63) is 36.0 Å². The molecule has 0 saturated carbocycles. The maximum Gasteiger partial charge on any atom is 0.433 e. The molecule has 0 radical (unpaired) electrons. The third kappa shape index (κ3) is 3.41. The predicted octanol–water partition coefficient (Wildman–Crippen LogP) is 3.98. The fraction of sp³-hybridized carbons (Fsp3) is 0.231. The Kier molecular flexibility index (Phi) is 4.17. The van der Waals surface area contributed by atoms with Gasteiger partial charge in [-0.05, 0) is 24.0 Å². The van der Waals surface area contributed by atoms with E-state index in [-0.39, 0.29) is 16.6 Å². The fourth-order valence-electron chi connectivity index (χ4n) is 1.58. The van der Waals surface area contributed by atoms with Crippen LogP contribution in [-0.4, -0.2) is 20.8 Å². The average molecular weight is 300 g/mol. The van der Waals surface area contributed by atoms with Crippen LogP contribution in [0.15, 0.2) is 35.5 Å². The number of hydrogen-bond donors (Lipinski definition) is 1. The van der Waals surface area contributed by atoms with Crippen molar-refractivity contribution in [3.63, 3.8) is 0 Å². The Balaban J connectivity index is 2.54. The first-order chi connectivity index (χ1) is 9.40. The van der Waals surface area contributed by atoms with E-state index in [4.69, 9.17) is 0 Å². The molecule has 0 aliphatic rings. The van der Waals surface area contributed by atoms with E-state index in [9.17, 15) is 18.3 Å². The number of aromatic hydroxyl groups is 1. The van der Waals surface area contributed by atoms with Gasteiger partial charge in [-0.1, -0.05) is 30.8 Å². The van der Waals surface area contributed by atoms with Crippen LogP contribution in [0.25, 0.3) is 11.3 Å². The summed E-state index contributed by atoms with van der Waals surface area (Å²) in [5.74, 6) is 0.542. The maximum absolute atomic E-state index is 12.8. The van der Waals surface area contributed by atoms with Crippen molar-refractivity contribution in [2.24, 2.45) is 0 Å². The number of rotatable bonds is 3. The van der Waals surface area contributed by atoms with Gasteiger partial charge in [0.25, 0.3) is 0 Å². The van der Waals surface area contributed by atoms with Gasteiger partial charge >= 0.3 is 6.18 Å². The van der Waals surface area contributed by atoms with E-state index in [1.54, 1.807) is 12.1 Å². The minimum atomic E-state index is -4.53. The molecule has 0 amide bonds. The molecular formula is C13H11F3N2OS. The maximum atomic E-state index is 12.8. The minimum absolute atomic E-state index is 0.0284. The van der Waals surface area contributed by atoms with Gasteiger partial charge < -0.3 is 5.11 Å². The Morgan fingerprint density at radius 1 is 1.20 bits per heavy atom. The first-order valence-electron chi connectivity index (χ1n) is 5.78.